The van der Waals surface area contributed by atoms with Crippen molar-refractivity contribution >= 4 is 45.4 Å². The molecule has 44 heavy (non-hydrogen) atoms. The van der Waals surface area contributed by atoms with E-state index in [2.05, 4.69) is 37.5 Å². The Morgan fingerprint density at radius 2 is 1.09 bits per heavy atom. The molecule has 4 aromatic rings. The van der Waals surface area contributed by atoms with E-state index in [1.165, 1.54) is 24.3 Å². The van der Waals surface area contributed by atoms with Crippen LogP contribution < -0.4 is 0 Å². The van der Waals surface area contributed by atoms with Crippen LogP contribution in [-0.4, -0.2) is 44.3 Å². The third kappa shape index (κ3) is 8.02. The molecular weight excluding hydrogens is 560 g/mol. The maximum atomic E-state index is 11.4. The van der Waals surface area contributed by atoms with E-state index in [0.717, 1.165) is 38.5 Å². The summed E-state index contributed by atoms with van der Waals surface area (Å²) in [7, 11) is 0. The first-order valence-corrected chi connectivity index (χ1v) is 14.1. The van der Waals surface area contributed by atoms with Crippen molar-refractivity contribution in [2.24, 2.45) is 0 Å². The molecule has 0 spiro atoms. The predicted molar refractivity (Wildman–Crippen MR) is 169 cm³/mol. The third-order valence-electron chi connectivity index (χ3n) is 6.72. The van der Waals surface area contributed by atoms with Gasteiger partial charge in [0, 0.05) is 29.4 Å². The zero-order valence-corrected chi connectivity index (χ0v) is 24.4. The van der Waals surface area contributed by atoms with Crippen LogP contribution in [0.2, 0.25) is 0 Å². The Hall–Kier alpha value is -5.60. The van der Waals surface area contributed by atoms with Gasteiger partial charge < -0.3 is 20.4 Å². The van der Waals surface area contributed by atoms with E-state index in [-0.39, 0.29) is 22.3 Å². The van der Waals surface area contributed by atoms with Gasteiger partial charge in [0.05, 0.1) is 22.3 Å². The van der Waals surface area contributed by atoms with Crippen LogP contribution in [0.4, 0.5) is 0 Å². The number of carbonyl (C=O) groups is 4. The molecular formula is C36H32O8. The van der Waals surface area contributed by atoms with E-state index >= 15 is 0 Å². The molecule has 0 heterocycles. The van der Waals surface area contributed by atoms with Gasteiger partial charge >= 0.3 is 23.9 Å². The molecule has 0 radical (unpaired) electrons. The van der Waals surface area contributed by atoms with E-state index in [0.29, 0.717) is 32.7 Å². The Morgan fingerprint density at radius 1 is 0.568 bits per heavy atom. The number of fused-ring (bicyclic) bond motifs is 2. The van der Waals surface area contributed by atoms with Crippen LogP contribution in [0.5, 0.6) is 0 Å². The predicted octanol–water partition coefficient (Wildman–Crippen LogP) is 7.56. The van der Waals surface area contributed by atoms with Gasteiger partial charge in [-0.25, -0.2) is 19.2 Å². The second kappa shape index (κ2) is 15.6. The summed E-state index contributed by atoms with van der Waals surface area (Å²) in [4.78, 5) is 45.5. The molecule has 4 rings (SSSR count). The molecule has 8 heteroatoms. The minimum Gasteiger partial charge on any atom is -0.478 e. The summed E-state index contributed by atoms with van der Waals surface area (Å²) >= 11 is 0. The Kier molecular flexibility index (Phi) is 11.7. The number of carboxylic acid groups (broad SMARTS) is 4. The second-order valence-corrected chi connectivity index (χ2v) is 9.84. The van der Waals surface area contributed by atoms with Crippen LogP contribution in [0, 0.1) is 23.7 Å². The largest absolute Gasteiger partial charge is 0.478 e. The number of carboxylic acids is 4. The van der Waals surface area contributed by atoms with Crippen molar-refractivity contribution < 1.29 is 39.6 Å². The molecule has 0 aliphatic heterocycles. The van der Waals surface area contributed by atoms with Crippen molar-refractivity contribution in [2.75, 3.05) is 0 Å². The van der Waals surface area contributed by atoms with Gasteiger partial charge in [-0.05, 0) is 65.4 Å². The average Bonchev–Trinajstić information content (AvgIpc) is 3.00. The first-order valence-electron chi connectivity index (χ1n) is 14.1. The quantitative estimate of drug-likeness (QED) is 0.121. The molecule has 0 saturated heterocycles. The van der Waals surface area contributed by atoms with Crippen LogP contribution >= 0.6 is 0 Å². The van der Waals surface area contributed by atoms with Gasteiger partial charge in [0.25, 0.3) is 0 Å². The third-order valence-corrected chi connectivity index (χ3v) is 6.72. The van der Waals surface area contributed by atoms with Crippen molar-refractivity contribution in [1.29, 1.82) is 0 Å². The van der Waals surface area contributed by atoms with E-state index in [1.54, 1.807) is 36.4 Å². The summed E-state index contributed by atoms with van der Waals surface area (Å²) in [5, 5.41) is 38.8. The highest BCUT2D eigenvalue weighted by Crippen LogP contribution is 2.27. The van der Waals surface area contributed by atoms with E-state index in [9.17, 15) is 39.6 Å². The number of aromatic carboxylic acids is 4. The van der Waals surface area contributed by atoms with Crippen LogP contribution in [0.1, 0.15) is 105 Å². The standard InChI is InChI=1S/2C18H16O4/c1-2-3-4-5-7-12-10-15-13(16(11-12)18(21)22)8-6-9-14(15)17(19)20;1-2-3-4-5-7-12-10-11-14(17(19)20)13-8-6-9-15(16(12)13)18(21)22/h2*6,8-11H,2-4H2,1H3,(H,19,20)(H,21,22). The summed E-state index contributed by atoms with van der Waals surface area (Å²) < 4.78 is 0. The van der Waals surface area contributed by atoms with Gasteiger partial charge in [-0.3, -0.25) is 0 Å². The van der Waals surface area contributed by atoms with Crippen LogP contribution in [-0.2, 0) is 0 Å². The molecule has 8 nitrogen and oxygen atoms in total. The van der Waals surface area contributed by atoms with Gasteiger partial charge in [-0.1, -0.05) is 74.6 Å². The van der Waals surface area contributed by atoms with Gasteiger partial charge in [0.2, 0.25) is 0 Å². The minimum atomic E-state index is -1.09. The van der Waals surface area contributed by atoms with Crippen molar-refractivity contribution in [2.45, 2.75) is 52.4 Å². The normalized spacial score (nSPS) is 10.0. The molecule has 0 amide bonds. The lowest BCUT2D eigenvalue weighted by Gasteiger charge is -2.08. The first kappa shape index (κ1) is 32.9. The van der Waals surface area contributed by atoms with Crippen molar-refractivity contribution in [3.63, 3.8) is 0 Å². The highest BCUT2D eigenvalue weighted by atomic mass is 16.4. The molecule has 224 valence electrons. The fraction of sp³-hybridized carbons (Fsp3) is 0.222. The average molecular weight is 593 g/mol. The molecule has 0 bridgehead atoms. The van der Waals surface area contributed by atoms with E-state index in [4.69, 9.17) is 0 Å². The summed E-state index contributed by atoms with van der Waals surface area (Å²) in [6, 6.07) is 15.4. The molecule has 0 aliphatic rings. The Balaban J connectivity index is 0.000000240. The molecule has 0 fully saturated rings. The van der Waals surface area contributed by atoms with Gasteiger partial charge in [0.1, 0.15) is 0 Å². The molecule has 0 atom stereocenters. The lowest BCUT2D eigenvalue weighted by atomic mass is 9.95. The topological polar surface area (TPSA) is 149 Å². The van der Waals surface area contributed by atoms with Gasteiger partial charge in [0.15, 0.2) is 0 Å². The highest BCUT2D eigenvalue weighted by Gasteiger charge is 2.17. The first-order chi connectivity index (χ1) is 21.1. The zero-order valence-electron chi connectivity index (χ0n) is 24.4. The Morgan fingerprint density at radius 3 is 1.66 bits per heavy atom. The van der Waals surface area contributed by atoms with Crippen molar-refractivity contribution in [3.8, 4) is 23.7 Å². The Bertz CT molecular complexity index is 1830. The highest BCUT2D eigenvalue weighted by molar-refractivity contribution is 6.13. The summed E-state index contributed by atoms with van der Waals surface area (Å²) in [6.07, 6.45) is 5.49. The van der Waals surface area contributed by atoms with Crippen molar-refractivity contribution in [3.05, 3.63) is 94.0 Å². The molecule has 0 unspecified atom stereocenters. The molecule has 4 N–H and O–H groups in total. The van der Waals surface area contributed by atoms with Gasteiger partial charge in [-0.15, -0.1) is 0 Å². The second-order valence-electron chi connectivity index (χ2n) is 9.84. The number of benzene rings is 4. The summed E-state index contributed by atoms with van der Waals surface area (Å²) in [6.45, 7) is 4.14. The maximum absolute atomic E-state index is 11.4. The smallest absolute Gasteiger partial charge is 0.336 e. The van der Waals surface area contributed by atoms with Crippen LogP contribution in [0.3, 0.4) is 0 Å². The number of hydrogen-bond acceptors (Lipinski definition) is 4. The lowest BCUT2D eigenvalue weighted by molar-refractivity contribution is 0.0686. The molecule has 0 aliphatic carbocycles. The van der Waals surface area contributed by atoms with Gasteiger partial charge in [-0.2, -0.15) is 0 Å². The summed E-state index contributed by atoms with van der Waals surface area (Å²) in [5.41, 5.74) is 1.37. The maximum Gasteiger partial charge on any atom is 0.336 e. The SMILES string of the molecule is CCCCC#Cc1cc(C(=O)O)c2cccc(C(=O)O)c2c1.CCCCC#Cc1ccc(C(=O)O)c2cccc(C(=O)O)c12. The molecule has 0 aromatic heterocycles. The monoisotopic (exact) mass is 592 g/mol. The van der Waals surface area contributed by atoms with Crippen LogP contribution in [0.15, 0.2) is 60.7 Å². The van der Waals surface area contributed by atoms with E-state index in [1.807, 2.05) is 0 Å². The van der Waals surface area contributed by atoms with E-state index < -0.39 is 23.9 Å². The molecule has 4 aromatic carbocycles. The summed E-state index contributed by atoms with van der Waals surface area (Å²) in [5.74, 6) is 7.56. The minimum absolute atomic E-state index is 0.0698. The lowest BCUT2D eigenvalue weighted by Crippen LogP contribution is -2.03. The fourth-order valence-electron chi connectivity index (χ4n) is 4.55. The van der Waals surface area contributed by atoms with Crippen LogP contribution in [0.25, 0.3) is 21.5 Å². The Labute approximate surface area is 255 Å². The zero-order chi connectivity index (χ0) is 32.2. The number of rotatable bonds is 8. The number of unbranched alkanes of at least 4 members (excludes halogenated alkanes) is 4. The van der Waals surface area contributed by atoms with Crippen molar-refractivity contribution in [1.82, 2.24) is 0 Å². The number of hydrogen-bond donors (Lipinski definition) is 4. The molecule has 0 saturated carbocycles. The fourth-order valence-corrected chi connectivity index (χ4v) is 4.55.